The molecule has 1 atom stereocenters. The van der Waals surface area contributed by atoms with Crippen LogP contribution in [0, 0.1) is 0 Å². The summed E-state index contributed by atoms with van der Waals surface area (Å²) >= 11 is 0. The van der Waals surface area contributed by atoms with Crippen molar-refractivity contribution in [2.24, 2.45) is 0 Å². The Balaban J connectivity index is 1.50. The van der Waals surface area contributed by atoms with Crippen LogP contribution in [0.1, 0.15) is 78.6 Å². The number of likely N-dealkylation sites (tertiary alicyclic amines) is 1. The van der Waals surface area contributed by atoms with Crippen LogP contribution in [0.2, 0.25) is 0 Å². The van der Waals surface area contributed by atoms with Crippen molar-refractivity contribution in [2.45, 2.75) is 101 Å². The van der Waals surface area contributed by atoms with E-state index in [4.69, 9.17) is 4.74 Å². The molecule has 138 valence electrons. The Hall–Kier alpha value is -0.810. The van der Waals surface area contributed by atoms with E-state index in [-0.39, 0.29) is 17.2 Å². The van der Waals surface area contributed by atoms with Crippen LogP contribution in [0.4, 0.5) is 4.79 Å². The molecule has 0 aromatic rings. The Kier molecular flexibility index (Phi) is 4.86. The van der Waals surface area contributed by atoms with E-state index in [9.17, 15) is 9.90 Å². The van der Waals surface area contributed by atoms with Gasteiger partial charge in [-0.3, -0.25) is 0 Å². The number of aliphatic hydroxyl groups is 1. The van der Waals surface area contributed by atoms with Crippen molar-refractivity contribution in [2.75, 3.05) is 13.1 Å². The van der Waals surface area contributed by atoms with E-state index in [1.54, 1.807) is 0 Å². The molecule has 0 aromatic heterocycles. The maximum atomic E-state index is 12.6. The monoisotopic (exact) mass is 338 g/mol. The molecule has 0 unspecified atom stereocenters. The van der Waals surface area contributed by atoms with Crippen molar-refractivity contribution >= 4 is 6.09 Å². The fourth-order valence-electron chi connectivity index (χ4n) is 4.51. The smallest absolute Gasteiger partial charge is 0.410 e. The van der Waals surface area contributed by atoms with Gasteiger partial charge in [-0.05, 0) is 85.1 Å². The fourth-order valence-corrected chi connectivity index (χ4v) is 4.51. The topological polar surface area (TPSA) is 61.8 Å². The summed E-state index contributed by atoms with van der Waals surface area (Å²) in [5.41, 5.74) is -0.852. The van der Waals surface area contributed by atoms with E-state index in [0.29, 0.717) is 6.04 Å². The number of hydrogen-bond acceptors (Lipinski definition) is 4. The molecule has 1 heterocycles. The number of hydrogen-bond donors (Lipinski definition) is 2. The van der Waals surface area contributed by atoms with Gasteiger partial charge < -0.3 is 20.1 Å². The second-order valence-corrected chi connectivity index (χ2v) is 9.07. The molecule has 0 bridgehead atoms. The summed E-state index contributed by atoms with van der Waals surface area (Å²) in [5.74, 6) is 0. The number of carbonyl (C=O) groups excluding carboxylic acids is 1. The van der Waals surface area contributed by atoms with Crippen LogP contribution in [-0.4, -0.2) is 52.0 Å². The van der Waals surface area contributed by atoms with E-state index in [1.807, 2.05) is 25.7 Å². The van der Waals surface area contributed by atoms with E-state index in [2.05, 4.69) is 5.32 Å². The molecule has 2 saturated carbocycles. The van der Waals surface area contributed by atoms with Crippen LogP contribution < -0.4 is 5.32 Å². The van der Waals surface area contributed by atoms with E-state index in [1.165, 1.54) is 12.8 Å². The molecule has 1 spiro atoms. The zero-order valence-electron chi connectivity index (χ0n) is 15.6. The molecule has 1 saturated heterocycles. The molecule has 1 aliphatic heterocycles. The summed E-state index contributed by atoms with van der Waals surface area (Å²) in [5, 5.41) is 13.9. The van der Waals surface area contributed by atoms with Crippen molar-refractivity contribution in [3.8, 4) is 0 Å². The quantitative estimate of drug-likeness (QED) is 0.756. The van der Waals surface area contributed by atoms with Crippen molar-refractivity contribution < 1.29 is 14.6 Å². The van der Waals surface area contributed by atoms with Gasteiger partial charge in [0.15, 0.2) is 0 Å². The largest absolute Gasteiger partial charge is 0.444 e. The Bertz CT molecular complexity index is 464. The third-order valence-electron chi connectivity index (χ3n) is 6.15. The Morgan fingerprint density at radius 1 is 1.25 bits per heavy atom. The Morgan fingerprint density at radius 2 is 1.92 bits per heavy atom. The minimum atomic E-state index is -0.439. The molecule has 2 aliphatic carbocycles. The summed E-state index contributed by atoms with van der Waals surface area (Å²) < 4.78 is 5.62. The van der Waals surface area contributed by atoms with Gasteiger partial charge in [0.05, 0.1) is 11.1 Å². The standard InChI is InChI=1S/C19H34N2O3/c1-17(2,3)24-16(22)21-14-7-15(19(21)11-5-12-19)20-13-6-10-18(23)8-4-9-18/h15,20,23H,4-14H2,1-3H3/t15-/m0/s1. The van der Waals surface area contributed by atoms with Gasteiger partial charge in [-0.25, -0.2) is 4.79 Å². The summed E-state index contributed by atoms with van der Waals surface area (Å²) in [4.78, 5) is 14.6. The van der Waals surface area contributed by atoms with Crippen LogP contribution >= 0.6 is 0 Å². The van der Waals surface area contributed by atoms with Crippen molar-refractivity contribution in [3.63, 3.8) is 0 Å². The zero-order chi connectivity index (χ0) is 17.4. The minimum absolute atomic E-state index is 0.0320. The highest BCUT2D eigenvalue weighted by atomic mass is 16.6. The van der Waals surface area contributed by atoms with Crippen LogP contribution in [-0.2, 0) is 4.74 Å². The molecule has 3 aliphatic rings. The van der Waals surface area contributed by atoms with E-state index >= 15 is 0 Å². The van der Waals surface area contributed by atoms with Crippen molar-refractivity contribution in [1.29, 1.82) is 0 Å². The molecule has 3 fully saturated rings. The third-order valence-corrected chi connectivity index (χ3v) is 6.15. The molecule has 1 amide bonds. The fraction of sp³-hybridized carbons (Fsp3) is 0.947. The molecule has 3 rings (SSSR count). The van der Waals surface area contributed by atoms with Crippen LogP contribution in [0.15, 0.2) is 0 Å². The summed E-state index contributed by atoms with van der Waals surface area (Å²) in [6.45, 7) is 7.49. The number of nitrogens with one attached hydrogen (secondary N) is 1. The third kappa shape index (κ3) is 3.57. The maximum absolute atomic E-state index is 12.6. The van der Waals surface area contributed by atoms with E-state index < -0.39 is 5.60 Å². The van der Waals surface area contributed by atoms with Gasteiger partial charge in [0.2, 0.25) is 0 Å². The van der Waals surface area contributed by atoms with Crippen molar-refractivity contribution in [1.82, 2.24) is 10.2 Å². The average Bonchev–Trinajstić information content (AvgIpc) is 2.79. The first kappa shape index (κ1) is 18.0. The number of amides is 1. The van der Waals surface area contributed by atoms with Gasteiger partial charge in [-0.1, -0.05) is 0 Å². The lowest BCUT2D eigenvalue weighted by molar-refractivity contribution is -0.0419. The highest BCUT2D eigenvalue weighted by molar-refractivity contribution is 5.70. The van der Waals surface area contributed by atoms with Gasteiger partial charge in [0, 0.05) is 12.6 Å². The molecule has 2 N–H and O–H groups in total. The maximum Gasteiger partial charge on any atom is 0.410 e. The molecule has 5 heteroatoms. The number of carbonyl (C=O) groups is 1. The minimum Gasteiger partial charge on any atom is -0.444 e. The zero-order valence-corrected chi connectivity index (χ0v) is 15.6. The summed E-state index contributed by atoms with van der Waals surface area (Å²) in [6, 6.07) is 0.370. The van der Waals surface area contributed by atoms with Gasteiger partial charge >= 0.3 is 6.09 Å². The lowest BCUT2D eigenvalue weighted by Crippen LogP contribution is -2.61. The SMILES string of the molecule is CC(C)(C)OC(=O)N1CC[C@H](NCCCC2(O)CCC2)C12CCC2. The number of ether oxygens (including phenoxy) is 1. The molecular weight excluding hydrogens is 304 g/mol. The van der Waals surface area contributed by atoms with Crippen molar-refractivity contribution in [3.05, 3.63) is 0 Å². The predicted octanol–water partition coefficient (Wildman–Crippen LogP) is 3.20. The first-order valence-electron chi connectivity index (χ1n) is 9.71. The predicted molar refractivity (Wildman–Crippen MR) is 94.0 cm³/mol. The molecular formula is C19H34N2O3. The molecule has 0 radical (unpaired) electrons. The Morgan fingerprint density at radius 3 is 2.42 bits per heavy atom. The summed E-state index contributed by atoms with van der Waals surface area (Å²) in [6.07, 6.45) is 9.20. The molecule has 5 nitrogen and oxygen atoms in total. The van der Waals surface area contributed by atoms with Gasteiger partial charge in [0.25, 0.3) is 0 Å². The van der Waals surface area contributed by atoms with Crippen LogP contribution in [0.5, 0.6) is 0 Å². The first-order chi connectivity index (χ1) is 11.2. The Labute approximate surface area is 146 Å². The second-order valence-electron chi connectivity index (χ2n) is 9.07. The van der Waals surface area contributed by atoms with Gasteiger partial charge in [0.1, 0.15) is 5.60 Å². The number of rotatable bonds is 5. The average molecular weight is 338 g/mol. The number of nitrogens with zero attached hydrogens (tertiary/aromatic N) is 1. The summed E-state index contributed by atoms with van der Waals surface area (Å²) in [7, 11) is 0. The lowest BCUT2D eigenvalue weighted by atomic mass is 9.72. The normalized spacial score (nSPS) is 27.7. The van der Waals surface area contributed by atoms with Crippen LogP contribution in [0.25, 0.3) is 0 Å². The molecule has 0 aromatic carbocycles. The first-order valence-corrected chi connectivity index (χ1v) is 9.71. The van der Waals surface area contributed by atoms with E-state index in [0.717, 1.165) is 58.0 Å². The molecule has 24 heavy (non-hydrogen) atoms. The second kappa shape index (κ2) is 6.49. The highest BCUT2D eigenvalue weighted by Gasteiger charge is 2.55. The highest BCUT2D eigenvalue weighted by Crippen LogP contribution is 2.46. The van der Waals surface area contributed by atoms with Gasteiger partial charge in [-0.2, -0.15) is 0 Å². The lowest BCUT2D eigenvalue weighted by Gasteiger charge is -2.49. The van der Waals surface area contributed by atoms with Crippen LogP contribution in [0.3, 0.4) is 0 Å². The van der Waals surface area contributed by atoms with Gasteiger partial charge in [-0.15, -0.1) is 0 Å².